The summed E-state index contributed by atoms with van der Waals surface area (Å²) in [6.07, 6.45) is 0.542. The number of hydrogen-bond acceptors (Lipinski definition) is 3. The van der Waals surface area contributed by atoms with E-state index in [0.717, 1.165) is 36.5 Å². The number of nitrogens with zero attached hydrogens (tertiary/aromatic N) is 1. The van der Waals surface area contributed by atoms with Crippen LogP contribution in [0.5, 0.6) is 0 Å². The van der Waals surface area contributed by atoms with Gasteiger partial charge in [0.15, 0.2) is 0 Å². The number of aryl methyl sites for hydroxylation is 1. The van der Waals surface area contributed by atoms with Crippen molar-refractivity contribution in [2.75, 3.05) is 29.9 Å². The highest BCUT2D eigenvalue weighted by Crippen LogP contribution is 2.36. The fourth-order valence-corrected chi connectivity index (χ4v) is 4.48. The number of rotatable bonds is 2. The van der Waals surface area contributed by atoms with Crippen LogP contribution in [0, 0.1) is 6.92 Å². The van der Waals surface area contributed by atoms with E-state index in [4.69, 9.17) is 7.85 Å². The quantitative estimate of drug-likeness (QED) is 0.585. The van der Waals surface area contributed by atoms with Crippen molar-refractivity contribution < 1.29 is 4.79 Å². The first-order chi connectivity index (χ1) is 15.9. The fraction of sp³-hybridized carbons (Fsp3) is 0.321. The molecule has 3 aromatic rings. The fourth-order valence-electron chi connectivity index (χ4n) is 4.48. The van der Waals surface area contributed by atoms with Crippen LogP contribution in [0.3, 0.4) is 0 Å². The first-order valence-electron chi connectivity index (χ1n) is 11.7. The normalized spacial score (nSPS) is 17.3. The molecule has 0 aromatic heterocycles. The van der Waals surface area contributed by atoms with Crippen molar-refractivity contribution in [3.8, 4) is 11.1 Å². The molecule has 2 aliphatic heterocycles. The average Bonchev–Trinajstić information content (AvgIpc) is 2.94. The predicted octanol–water partition coefficient (Wildman–Crippen LogP) is 4.39. The lowest BCUT2D eigenvalue weighted by Crippen LogP contribution is -2.51. The van der Waals surface area contributed by atoms with Crippen LogP contribution in [0.4, 0.5) is 11.4 Å². The van der Waals surface area contributed by atoms with Crippen molar-refractivity contribution >= 4 is 30.6 Å². The third-order valence-electron chi connectivity index (χ3n) is 6.28. The van der Waals surface area contributed by atoms with Gasteiger partial charge in [0.25, 0.3) is 0 Å². The molecule has 3 aromatic carbocycles. The summed E-state index contributed by atoms with van der Waals surface area (Å²) in [4.78, 5) is 14.6. The SMILES string of the molecule is CC(C)c1cccc(-c2ccc3c(c2)N2CCNCC2CC(=O)N3)c1.[B]c1cccc(C)c1. The average molecular weight is 437 g/mol. The summed E-state index contributed by atoms with van der Waals surface area (Å²) < 4.78 is 0. The van der Waals surface area contributed by atoms with E-state index < -0.39 is 0 Å². The molecule has 1 atom stereocenters. The first kappa shape index (κ1) is 23.1. The highest BCUT2D eigenvalue weighted by Gasteiger charge is 2.30. The van der Waals surface area contributed by atoms with Crippen molar-refractivity contribution in [2.24, 2.45) is 0 Å². The van der Waals surface area contributed by atoms with Gasteiger partial charge in [-0.25, -0.2) is 0 Å². The number of carbonyl (C=O) groups excluding carboxylic acids is 1. The Morgan fingerprint density at radius 3 is 2.52 bits per heavy atom. The maximum absolute atomic E-state index is 12.2. The maximum Gasteiger partial charge on any atom is 0.226 e. The molecule has 0 bridgehead atoms. The Labute approximate surface area is 198 Å². The minimum atomic E-state index is 0.104. The Morgan fingerprint density at radius 1 is 1.00 bits per heavy atom. The van der Waals surface area contributed by atoms with Gasteiger partial charge in [0.1, 0.15) is 7.85 Å². The van der Waals surface area contributed by atoms with Crippen molar-refractivity contribution in [3.05, 3.63) is 77.9 Å². The highest BCUT2D eigenvalue weighted by molar-refractivity contribution is 6.32. The molecular formula is C28H32BN3O. The number of nitrogens with one attached hydrogen (secondary N) is 2. The summed E-state index contributed by atoms with van der Waals surface area (Å²) >= 11 is 0. The van der Waals surface area contributed by atoms with Crippen LogP contribution in [0.2, 0.25) is 0 Å². The summed E-state index contributed by atoms with van der Waals surface area (Å²) in [7, 11) is 5.46. The van der Waals surface area contributed by atoms with Gasteiger partial charge in [-0.05, 0) is 41.7 Å². The van der Waals surface area contributed by atoms with E-state index in [1.165, 1.54) is 22.3 Å². The zero-order chi connectivity index (χ0) is 23.4. The van der Waals surface area contributed by atoms with Gasteiger partial charge in [0, 0.05) is 26.1 Å². The Morgan fingerprint density at radius 2 is 1.79 bits per heavy atom. The molecule has 2 heterocycles. The number of piperazine rings is 1. The van der Waals surface area contributed by atoms with E-state index >= 15 is 0 Å². The lowest BCUT2D eigenvalue weighted by atomic mass is 9.95. The molecule has 2 N–H and O–H groups in total. The first-order valence-corrected chi connectivity index (χ1v) is 11.7. The van der Waals surface area contributed by atoms with E-state index in [1.54, 1.807) is 0 Å². The van der Waals surface area contributed by atoms with Gasteiger partial charge in [0.05, 0.1) is 17.4 Å². The monoisotopic (exact) mass is 437 g/mol. The van der Waals surface area contributed by atoms with Gasteiger partial charge >= 0.3 is 0 Å². The topological polar surface area (TPSA) is 44.4 Å². The molecule has 5 rings (SSSR count). The molecule has 1 saturated heterocycles. The van der Waals surface area contributed by atoms with Gasteiger partial charge in [0.2, 0.25) is 5.91 Å². The third-order valence-corrected chi connectivity index (χ3v) is 6.28. The lowest BCUT2D eigenvalue weighted by molar-refractivity contribution is -0.116. The summed E-state index contributed by atoms with van der Waals surface area (Å²) in [5.41, 5.74) is 7.91. The van der Waals surface area contributed by atoms with Crippen LogP contribution in [0.15, 0.2) is 66.7 Å². The Bertz CT molecular complexity index is 1110. The maximum atomic E-state index is 12.2. The van der Waals surface area contributed by atoms with Crippen LogP contribution >= 0.6 is 0 Å². The Hall–Kier alpha value is -3.05. The largest absolute Gasteiger partial charge is 0.364 e. The molecule has 1 fully saturated rings. The minimum Gasteiger partial charge on any atom is -0.364 e. The molecule has 2 radical (unpaired) electrons. The van der Waals surface area contributed by atoms with Gasteiger partial charge in [-0.1, -0.05) is 79.5 Å². The second-order valence-electron chi connectivity index (χ2n) is 9.23. The predicted molar refractivity (Wildman–Crippen MR) is 140 cm³/mol. The summed E-state index contributed by atoms with van der Waals surface area (Å²) in [6, 6.07) is 23.2. The second-order valence-corrected chi connectivity index (χ2v) is 9.23. The highest BCUT2D eigenvalue weighted by atomic mass is 16.1. The Balaban J connectivity index is 0.000000275. The molecule has 1 unspecified atom stereocenters. The summed E-state index contributed by atoms with van der Waals surface area (Å²) in [5.74, 6) is 0.615. The van der Waals surface area contributed by atoms with Crippen LogP contribution < -0.4 is 21.0 Å². The van der Waals surface area contributed by atoms with Gasteiger partial charge in [-0.2, -0.15) is 0 Å². The molecule has 1 amide bonds. The smallest absolute Gasteiger partial charge is 0.226 e. The van der Waals surface area contributed by atoms with Crippen molar-refractivity contribution in [1.29, 1.82) is 0 Å². The van der Waals surface area contributed by atoms with Gasteiger partial charge in [-0.3, -0.25) is 4.79 Å². The van der Waals surface area contributed by atoms with Crippen molar-refractivity contribution in [2.45, 2.75) is 39.2 Å². The minimum absolute atomic E-state index is 0.104. The van der Waals surface area contributed by atoms with Gasteiger partial charge < -0.3 is 15.5 Å². The van der Waals surface area contributed by atoms with E-state index in [0.29, 0.717) is 12.3 Å². The van der Waals surface area contributed by atoms with Gasteiger partial charge in [-0.15, -0.1) is 0 Å². The summed E-state index contributed by atoms with van der Waals surface area (Å²) in [5, 5.41) is 6.49. The van der Waals surface area contributed by atoms with Crippen LogP contribution in [0.25, 0.3) is 11.1 Å². The number of benzene rings is 3. The molecular weight excluding hydrogens is 405 g/mol. The number of anilines is 2. The summed E-state index contributed by atoms with van der Waals surface area (Å²) in [6.45, 7) is 9.21. The van der Waals surface area contributed by atoms with Crippen LogP contribution in [-0.4, -0.2) is 39.4 Å². The zero-order valence-corrected chi connectivity index (χ0v) is 19.8. The molecule has 168 valence electrons. The van der Waals surface area contributed by atoms with E-state index in [-0.39, 0.29) is 11.9 Å². The molecule has 2 aliphatic rings. The molecule has 5 heteroatoms. The lowest BCUT2D eigenvalue weighted by Gasteiger charge is -2.36. The molecule has 4 nitrogen and oxygen atoms in total. The second kappa shape index (κ2) is 10.3. The van der Waals surface area contributed by atoms with Crippen molar-refractivity contribution in [1.82, 2.24) is 5.32 Å². The zero-order valence-electron chi connectivity index (χ0n) is 19.8. The van der Waals surface area contributed by atoms with Crippen LogP contribution in [-0.2, 0) is 4.79 Å². The van der Waals surface area contributed by atoms with E-state index in [2.05, 4.69) is 71.8 Å². The number of fused-ring (bicyclic) bond motifs is 3. The number of amides is 1. The number of carbonyl (C=O) groups is 1. The molecule has 33 heavy (non-hydrogen) atoms. The van der Waals surface area contributed by atoms with Crippen LogP contribution in [0.1, 0.15) is 37.3 Å². The number of hydrogen-bond donors (Lipinski definition) is 2. The van der Waals surface area contributed by atoms with E-state index in [1.807, 2.05) is 31.2 Å². The van der Waals surface area contributed by atoms with Crippen molar-refractivity contribution in [3.63, 3.8) is 0 Å². The molecule has 0 aliphatic carbocycles. The molecule has 0 spiro atoms. The molecule has 0 saturated carbocycles. The Kier molecular flexibility index (Phi) is 7.19. The third kappa shape index (κ3) is 5.66. The standard InChI is InChI=1S/C21H25N3O.C7H7B/c1-14(2)15-4-3-5-16(10-15)17-6-7-19-20(11-17)24-9-8-22-13-18(24)12-21(25)23-19;1-6-3-2-4-7(8)5-6/h3-7,10-11,14,18,22H,8-9,12-13H2,1-2H3,(H,23,25);2-5H,1H3. The van der Waals surface area contributed by atoms with E-state index in [9.17, 15) is 4.79 Å².